The Morgan fingerprint density at radius 1 is 1.38 bits per heavy atom. The van der Waals surface area contributed by atoms with Gasteiger partial charge < -0.3 is 4.57 Å². The first kappa shape index (κ1) is 16.1. The summed E-state index contributed by atoms with van der Waals surface area (Å²) >= 11 is 5.10. The number of nitrogens with zero attached hydrogens (tertiary/aromatic N) is 4. The van der Waals surface area contributed by atoms with Gasteiger partial charge in [0.05, 0.1) is 6.21 Å². The molecule has 0 aliphatic rings. The molecule has 0 spiro atoms. The average Bonchev–Trinajstić information content (AvgIpc) is 2.84. The summed E-state index contributed by atoms with van der Waals surface area (Å²) in [6, 6.07) is 8.06. The van der Waals surface area contributed by atoms with Crippen LogP contribution in [0.15, 0.2) is 46.8 Å². The summed E-state index contributed by atoms with van der Waals surface area (Å²) in [5.41, 5.74) is 3.07. The van der Waals surface area contributed by atoms with E-state index in [1.165, 1.54) is 0 Å². The molecular formula is C17H17N5OS. The maximum atomic E-state index is 12.1. The second kappa shape index (κ2) is 6.37. The van der Waals surface area contributed by atoms with Gasteiger partial charge in [-0.1, -0.05) is 24.3 Å². The zero-order valence-corrected chi connectivity index (χ0v) is 14.3. The van der Waals surface area contributed by atoms with Crippen LogP contribution in [0.4, 0.5) is 0 Å². The smallest absolute Gasteiger partial charge is 0.296 e. The van der Waals surface area contributed by atoms with Gasteiger partial charge in [-0.05, 0) is 32.1 Å². The van der Waals surface area contributed by atoms with E-state index in [9.17, 15) is 4.79 Å². The summed E-state index contributed by atoms with van der Waals surface area (Å²) in [5.74, 6) is 0. The number of aromatic nitrogens is 4. The number of rotatable bonds is 4. The number of fused-ring (bicyclic) bond motifs is 1. The van der Waals surface area contributed by atoms with Crippen LogP contribution in [0.1, 0.15) is 17.0 Å². The number of hydrogen-bond donors (Lipinski definition) is 1. The highest BCUT2D eigenvalue weighted by Gasteiger charge is 2.11. The van der Waals surface area contributed by atoms with Crippen LogP contribution in [0, 0.1) is 18.6 Å². The molecule has 0 saturated carbocycles. The van der Waals surface area contributed by atoms with Crippen LogP contribution in [0.2, 0.25) is 0 Å². The first-order valence-corrected chi connectivity index (χ1v) is 7.87. The minimum absolute atomic E-state index is 0.161. The molecule has 0 aliphatic heterocycles. The summed E-state index contributed by atoms with van der Waals surface area (Å²) in [6.45, 7) is 8.15. The highest BCUT2D eigenvalue weighted by Crippen LogP contribution is 2.24. The Labute approximate surface area is 143 Å². The van der Waals surface area contributed by atoms with Crippen LogP contribution in [0.3, 0.4) is 0 Å². The van der Waals surface area contributed by atoms with Crippen LogP contribution < -0.4 is 5.56 Å². The molecule has 3 rings (SSSR count). The molecule has 2 aromatic heterocycles. The Morgan fingerprint density at radius 2 is 2.12 bits per heavy atom. The summed E-state index contributed by atoms with van der Waals surface area (Å²) in [5, 5.41) is 11.8. The molecule has 0 aliphatic carbocycles. The Morgan fingerprint density at radius 3 is 2.88 bits per heavy atom. The van der Waals surface area contributed by atoms with Crippen molar-refractivity contribution in [2.75, 3.05) is 0 Å². The van der Waals surface area contributed by atoms with Gasteiger partial charge in [0.2, 0.25) is 4.77 Å². The molecule has 1 N–H and O–H groups in total. The van der Waals surface area contributed by atoms with Gasteiger partial charge in [-0.2, -0.15) is 14.9 Å². The fraction of sp³-hybridized carbons (Fsp3) is 0.176. The fourth-order valence-corrected chi connectivity index (χ4v) is 2.85. The Balaban J connectivity index is 2.20. The number of allylic oxidation sites excluding steroid dienone is 1. The van der Waals surface area contributed by atoms with E-state index in [1.54, 1.807) is 13.1 Å². The maximum Gasteiger partial charge on any atom is 0.296 e. The van der Waals surface area contributed by atoms with Gasteiger partial charge in [0.15, 0.2) is 0 Å². The van der Waals surface area contributed by atoms with E-state index in [4.69, 9.17) is 12.2 Å². The van der Waals surface area contributed by atoms with Crippen LogP contribution >= 0.6 is 12.2 Å². The Hall–Kier alpha value is -2.80. The van der Waals surface area contributed by atoms with Crippen molar-refractivity contribution in [1.29, 1.82) is 0 Å². The van der Waals surface area contributed by atoms with Gasteiger partial charge in [0.1, 0.15) is 5.69 Å². The van der Waals surface area contributed by atoms with E-state index in [-0.39, 0.29) is 10.3 Å². The number of H-pyrrole nitrogens is 1. The molecular weight excluding hydrogens is 322 g/mol. The molecule has 122 valence electrons. The largest absolute Gasteiger partial charge is 0.340 e. The molecule has 0 bridgehead atoms. The number of hydrogen-bond acceptors (Lipinski definition) is 4. The van der Waals surface area contributed by atoms with Crippen molar-refractivity contribution in [2.24, 2.45) is 5.10 Å². The van der Waals surface area contributed by atoms with Crippen molar-refractivity contribution in [2.45, 2.75) is 20.4 Å². The standard InChI is InChI=1S/C17H17N5OS/c1-4-9-21-12(3)14(13-7-5-6-8-15(13)21)10-18-22-16(23)11(2)19-20-17(22)24/h4-8,10H,1,9H2,2-3H3,(H,20,24)/b18-10-. The lowest BCUT2D eigenvalue weighted by atomic mass is 10.1. The summed E-state index contributed by atoms with van der Waals surface area (Å²) in [4.78, 5) is 12.1. The van der Waals surface area contributed by atoms with Crippen LogP contribution in [0.5, 0.6) is 0 Å². The topological polar surface area (TPSA) is 68.0 Å². The molecule has 3 aromatic rings. The molecule has 7 heteroatoms. The quantitative estimate of drug-likeness (QED) is 0.451. The van der Waals surface area contributed by atoms with Crippen molar-refractivity contribution in [3.8, 4) is 0 Å². The summed E-state index contributed by atoms with van der Waals surface area (Å²) < 4.78 is 3.47. The number of benzene rings is 1. The van der Waals surface area contributed by atoms with Crippen LogP contribution in [-0.4, -0.2) is 25.7 Å². The van der Waals surface area contributed by atoms with Gasteiger partial charge in [-0.3, -0.25) is 9.89 Å². The van der Waals surface area contributed by atoms with E-state index >= 15 is 0 Å². The van der Waals surface area contributed by atoms with Gasteiger partial charge >= 0.3 is 0 Å². The van der Waals surface area contributed by atoms with Crippen LogP contribution in [-0.2, 0) is 6.54 Å². The normalized spacial score (nSPS) is 11.4. The van der Waals surface area contributed by atoms with E-state index in [0.29, 0.717) is 12.2 Å². The van der Waals surface area contributed by atoms with E-state index in [1.807, 2.05) is 31.2 Å². The number of aryl methyl sites for hydroxylation is 1. The molecule has 6 nitrogen and oxygen atoms in total. The minimum atomic E-state index is -0.331. The lowest BCUT2D eigenvalue weighted by molar-refractivity contribution is 0.720. The van der Waals surface area contributed by atoms with E-state index in [0.717, 1.165) is 26.8 Å². The summed E-state index contributed by atoms with van der Waals surface area (Å²) in [6.07, 6.45) is 3.52. The third kappa shape index (κ3) is 2.63. The van der Waals surface area contributed by atoms with Gasteiger partial charge in [0, 0.05) is 28.7 Å². The molecule has 0 radical (unpaired) electrons. The van der Waals surface area contributed by atoms with E-state index < -0.39 is 0 Å². The average molecular weight is 339 g/mol. The molecule has 2 heterocycles. The number of aromatic amines is 1. The summed E-state index contributed by atoms with van der Waals surface area (Å²) in [7, 11) is 0. The third-order valence-electron chi connectivity index (χ3n) is 3.91. The molecule has 1 aromatic carbocycles. The molecule has 0 amide bonds. The highest BCUT2D eigenvalue weighted by atomic mass is 32.1. The number of nitrogens with one attached hydrogen (secondary N) is 1. The van der Waals surface area contributed by atoms with Crippen molar-refractivity contribution in [1.82, 2.24) is 19.4 Å². The van der Waals surface area contributed by atoms with Crippen molar-refractivity contribution in [3.63, 3.8) is 0 Å². The maximum absolute atomic E-state index is 12.1. The van der Waals surface area contributed by atoms with Gasteiger partial charge in [-0.15, -0.1) is 6.58 Å². The molecule has 0 atom stereocenters. The third-order valence-corrected chi connectivity index (χ3v) is 4.17. The fourth-order valence-electron chi connectivity index (χ4n) is 2.68. The molecule has 0 unspecified atom stereocenters. The zero-order valence-electron chi connectivity index (χ0n) is 13.5. The lowest BCUT2D eigenvalue weighted by Crippen LogP contribution is -2.22. The van der Waals surface area contributed by atoms with Crippen molar-refractivity contribution in [3.05, 3.63) is 69.0 Å². The second-order valence-corrected chi connectivity index (χ2v) is 5.78. The Bertz CT molecular complexity index is 1070. The monoisotopic (exact) mass is 339 g/mol. The van der Waals surface area contributed by atoms with Crippen molar-refractivity contribution < 1.29 is 0 Å². The predicted octanol–water partition coefficient (Wildman–Crippen LogP) is 2.94. The first-order valence-electron chi connectivity index (χ1n) is 7.46. The molecule has 0 saturated heterocycles. The van der Waals surface area contributed by atoms with Gasteiger partial charge in [-0.25, -0.2) is 0 Å². The molecule has 0 fully saturated rings. The van der Waals surface area contributed by atoms with Crippen LogP contribution in [0.25, 0.3) is 10.9 Å². The highest BCUT2D eigenvalue weighted by molar-refractivity contribution is 7.71. The Kier molecular flexibility index (Phi) is 4.26. The predicted molar refractivity (Wildman–Crippen MR) is 98.3 cm³/mol. The van der Waals surface area contributed by atoms with E-state index in [2.05, 4.69) is 32.5 Å². The molecule has 24 heavy (non-hydrogen) atoms. The van der Waals surface area contributed by atoms with Gasteiger partial charge in [0.25, 0.3) is 5.56 Å². The van der Waals surface area contributed by atoms with Crippen molar-refractivity contribution >= 4 is 29.3 Å². The minimum Gasteiger partial charge on any atom is -0.340 e. The lowest BCUT2D eigenvalue weighted by Gasteiger charge is -2.04. The zero-order chi connectivity index (χ0) is 17.3. The number of para-hydroxylation sites is 1. The SMILES string of the molecule is C=CCn1c(C)c(/C=N\n2c(=S)[nH]nc(C)c2=O)c2ccccc21. The first-order chi connectivity index (χ1) is 11.5. The second-order valence-electron chi connectivity index (χ2n) is 5.39.